The molecule has 0 radical (unpaired) electrons. The molecular formula is C25H26N4O4. The summed E-state index contributed by atoms with van der Waals surface area (Å²) in [5, 5.41) is 17.3. The van der Waals surface area contributed by atoms with Crippen molar-refractivity contribution in [3.05, 3.63) is 65.0 Å². The minimum absolute atomic E-state index is 0.0415. The lowest BCUT2D eigenvalue weighted by Gasteiger charge is -2.24. The fourth-order valence-electron chi connectivity index (χ4n) is 3.91. The van der Waals surface area contributed by atoms with E-state index in [4.69, 9.17) is 24.7 Å². The number of hydrogen-bond acceptors (Lipinski definition) is 7. The van der Waals surface area contributed by atoms with Crippen molar-refractivity contribution in [1.82, 2.24) is 10.2 Å². The largest absolute Gasteiger partial charge is 0.493 e. The van der Waals surface area contributed by atoms with Crippen LogP contribution >= 0.6 is 0 Å². The zero-order valence-corrected chi connectivity index (χ0v) is 19.0. The van der Waals surface area contributed by atoms with Crippen molar-refractivity contribution in [2.45, 2.75) is 32.8 Å². The summed E-state index contributed by atoms with van der Waals surface area (Å²) in [5.41, 5.74) is 9.53. The summed E-state index contributed by atoms with van der Waals surface area (Å²) in [7, 11) is 1.59. The Bertz CT molecular complexity index is 1220. The van der Waals surface area contributed by atoms with Gasteiger partial charge >= 0.3 is 0 Å². The first-order valence-corrected chi connectivity index (χ1v) is 10.7. The fourth-order valence-corrected chi connectivity index (χ4v) is 3.91. The molecule has 33 heavy (non-hydrogen) atoms. The van der Waals surface area contributed by atoms with E-state index in [1.807, 2.05) is 63.2 Å². The van der Waals surface area contributed by atoms with Gasteiger partial charge in [0, 0.05) is 5.56 Å². The van der Waals surface area contributed by atoms with Gasteiger partial charge < -0.3 is 24.7 Å². The number of aromatic amines is 1. The van der Waals surface area contributed by atoms with Crippen LogP contribution in [0, 0.1) is 11.3 Å². The third-order valence-corrected chi connectivity index (χ3v) is 5.28. The van der Waals surface area contributed by atoms with E-state index < -0.39 is 5.92 Å². The average molecular weight is 447 g/mol. The quantitative estimate of drug-likeness (QED) is 0.549. The fraction of sp³-hybridized carbons (Fsp3) is 0.280. The molecule has 3 aromatic rings. The predicted octanol–water partition coefficient (Wildman–Crippen LogP) is 4.49. The Hall–Kier alpha value is -4.12. The molecule has 1 aliphatic heterocycles. The van der Waals surface area contributed by atoms with Crippen molar-refractivity contribution in [3.63, 3.8) is 0 Å². The van der Waals surface area contributed by atoms with Crippen LogP contribution in [0.25, 0.3) is 11.3 Å². The van der Waals surface area contributed by atoms with Crippen LogP contribution in [0.5, 0.6) is 23.1 Å². The molecule has 0 bridgehead atoms. The van der Waals surface area contributed by atoms with Gasteiger partial charge in [-0.05, 0) is 56.7 Å². The number of allylic oxidation sites excluding steroid dienone is 1. The summed E-state index contributed by atoms with van der Waals surface area (Å²) in [6.07, 6.45) is 0.0610. The smallest absolute Gasteiger partial charge is 0.244 e. The molecule has 2 heterocycles. The second-order valence-electron chi connectivity index (χ2n) is 7.78. The molecule has 1 unspecified atom stereocenters. The van der Waals surface area contributed by atoms with Crippen LogP contribution in [-0.2, 0) is 0 Å². The third kappa shape index (κ3) is 4.17. The molecule has 1 atom stereocenters. The molecule has 3 N–H and O–H groups in total. The van der Waals surface area contributed by atoms with Gasteiger partial charge in [0.05, 0.1) is 37.0 Å². The summed E-state index contributed by atoms with van der Waals surface area (Å²) in [5.74, 6) is 1.91. The first-order valence-electron chi connectivity index (χ1n) is 10.7. The number of rotatable bonds is 7. The first kappa shape index (κ1) is 22.1. The summed E-state index contributed by atoms with van der Waals surface area (Å²) in [6, 6.07) is 15.5. The van der Waals surface area contributed by atoms with Crippen LogP contribution in [0.3, 0.4) is 0 Å². The van der Waals surface area contributed by atoms with Crippen LogP contribution in [0.1, 0.15) is 37.8 Å². The Kier molecular flexibility index (Phi) is 6.13. The molecule has 0 aliphatic carbocycles. The molecule has 8 nitrogen and oxygen atoms in total. The Balaban J connectivity index is 1.83. The number of methoxy groups -OCH3 is 1. The van der Waals surface area contributed by atoms with Crippen LogP contribution in [0.4, 0.5) is 0 Å². The maximum absolute atomic E-state index is 9.91. The molecular weight excluding hydrogens is 420 g/mol. The Labute approximate surface area is 192 Å². The highest BCUT2D eigenvalue weighted by molar-refractivity contribution is 5.73. The summed E-state index contributed by atoms with van der Waals surface area (Å²) in [6.45, 7) is 6.38. The van der Waals surface area contributed by atoms with Crippen LogP contribution < -0.4 is 24.7 Å². The van der Waals surface area contributed by atoms with Crippen molar-refractivity contribution in [2.75, 3.05) is 13.7 Å². The number of benzene rings is 2. The van der Waals surface area contributed by atoms with E-state index in [2.05, 4.69) is 16.3 Å². The molecule has 8 heteroatoms. The summed E-state index contributed by atoms with van der Waals surface area (Å²) in [4.78, 5) is 0. The van der Waals surface area contributed by atoms with Crippen molar-refractivity contribution < 1.29 is 18.9 Å². The Morgan fingerprint density at radius 1 is 1.18 bits per heavy atom. The van der Waals surface area contributed by atoms with Crippen LogP contribution in [0.2, 0.25) is 0 Å². The highest BCUT2D eigenvalue weighted by Crippen LogP contribution is 2.46. The number of nitrogens with one attached hydrogen (secondary N) is 1. The van der Waals surface area contributed by atoms with Crippen molar-refractivity contribution in [2.24, 2.45) is 5.73 Å². The molecule has 170 valence electrons. The molecule has 0 spiro atoms. The minimum atomic E-state index is -0.460. The van der Waals surface area contributed by atoms with Gasteiger partial charge in [-0.25, -0.2) is 0 Å². The number of nitrogens with zero attached hydrogens (tertiary/aromatic N) is 2. The number of H-pyrrole nitrogens is 1. The van der Waals surface area contributed by atoms with Crippen molar-refractivity contribution >= 4 is 0 Å². The highest BCUT2D eigenvalue weighted by Gasteiger charge is 2.35. The van der Waals surface area contributed by atoms with Gasteiger partial charge in [-0.1, -0.05) is 12.1 Å². The molecule has 1 aromatic heterocycles. The molecule has 1 aliphatic rings. The van der Waals surface area contributed by atoms with E-state index in [-0.39, 0.29) is 12.0 Å². The maximum atomic E-state index is 9.91. The standard InChI is InChI=1S/C25H26N4O4/c1-5-31-19-11-8-16(12-20(19)30-4)23-22-21(15-6-9-17(10-7-15)32-14(2)3)18(13-26)24(27)33-25(22)29-28-23/h6-12,14,21H,5,27H2,1-4H3,(H,28,29). The SMILES string of the molecule is CCOc1ccc(-c2[nH]nc3c2C(c2ccc(OC(C)C)cc2)C(C#N)=C(N)O3)cc1OC. The topological polar surface area (TPSA) is 115 Å². The van der Waals surface area contributed by atoms with Gasteiger partial charge in [0.15, 0.2) is 11.5 Å². The minimum Gasteiger partial charge on any atom is -0.493 e. The maximum Gasteiger partial charge on any atom is 0.244 e. The number of aromatic nitrogens is 2. The number of hydrogen-bond donors (Lipinski definition) is 2. The Morgan fingerprint density at radius 2 is 1.94 bits per heavy atom. The third-order valence-electron chi connectivity index (χ3n) is 5.28. The van der Waals surface area contributed by atoms with Crippen LogP contribution in [0.15, 0.2) is 53.9 Å². The van der Waals surface area contributed by atoms with E-state index in [0.717, 1.165) is 22.4 Å². The van der Waals surface area contributed by atoms with E-state index in [1.54, 1.807) is 7.11 Å². The molecule has 0 fully saturated rings. The van der Waals surface area contributed by atoms with Gasteiger partial charge in [0.1, 0.15) is 17.4 Å². The lowest BCUT2D eigenvalue weighted by molar-refractivity contribution is 0.242. The van der Waals surface area contributed by atoms with E-state index in [0.29, 0.717) is 35.3 Å². The van der Waals surface area contributed by atoms with Crippen molar-refractivity contribution in [1.29, 1.82) is 5.26 Å². The zero-order valence-electron chi connectivity index (χ0n) is 19.0. The normalized spacial score (nSPS) is 15.0. The molecule has 0 saturated carbocycles. The van der Waals surface area contributed by atoms with E-state index in [9.17, 15) is 5.26 Å². The first-order chi connectivity index (χ1) is 16.0. The molecule has 4 rings (SSSR count). The van der Waals surface area contributed by atoms with Gasteiger partial charge in [0.2, 0.25) is 11.8 Å². The summed E-state index contributed by atoms with van der Waals surface area (Å²) < 4.78 is 22.6. The van der Waals surface area contributed by atoms with Gasteiger partial charge in [-0.2, -0.15) is 5.26 Å². The van der Waals surface area contributed by atoms with Gasteiger partial charge in [-0.3, -0.25) is 5.10 Å². The number of fused-ring (bicyclic) bond motifs is 1. The molecule has 0 saturated heterocycles. The van der Waals surface area contributed by atoms with Crippen molar-refractivity contribution in [3.8, 4) is 40.5 Å². The highest BCUT2D eigenvalue weighted by atomic mass is 16.5. The zero-order chi connectivity index (χ0) is 23.5. The number of nitrogens with two attached hydrogens (primary N) is 1. The van der Waals surface area contributed by atoms with Crippen LogP contribution in [-0.4, -0.2) is 30.0 Å². The van der Waals surface area contributed by atoms with E-state index in [1.165, 1.54) is 0 Å². The second kappa shape index (κ2) is 9.17. The number of ether oxygens (including phenoxy) is 4. The van der Waals surface area contributed by atoms with E-state index >= 15 is 0 Å². The second-order valence-corrected chi connectivity index (χ2v) is 7.78. The lowest BCUT2D eigenvalue weighted by atomic mass is 9.83. The molecule has 2 aromatic carbocycles. The Morgan fingerprint density at radius 3 is 2.58 bits per heavy atom. The van der Waals surface area contributed by atoms with Gasteiger partial charge in [-0.15, -0.1) is 5.10 Å². The lowest BCUT2D eigenvalue weighted by Crippen LogP contribution is -2.21. The predicted molar refractivity (Wildman–Crippen MR) is 123 cm³/mol. The monoisotopic (exact) mass is 446 g/mol. The molecule has 0 amide bonds. The summed E-state index contributed by atoms with van der Waals surface area (Å²) >= 11 is 0. The average Bonchev–Trinajstić information content (AvgIpc) is 3.22. The van der Waals surface area contributed by atoms with Gasteiger partial charge in [0.25, 0.3) is 0 Å². The number of nitriles is 1.